The maximum absolute atomic E-state index is 12.4. The Morgan fingerprint density at radius 2 is 1.95 bits per heavy atom. The van der Waals surface area contributed by atoms with E-state index < -0.39 is 0 Å². The fraction of sp³-hybridized carbons (Fsp3) is 0.714. The summed E-state index contributed by atoms with van der Waals surface area (Å²) in [4.78, 5) is 26.1. The molecule has 0 radical (unpaired) electrons. The summed E-state index contributed by atoms with van der Waals surface area (Å²) in [6.45, 7) is 7.45. The zero-order chi connectivity index (χ0) is 14.0. The highest BCUT2D eigenvalue weighted by molar-refractivity contribution is 5.76. The Hall–Kier alpha value is -1.52. The largest absolute Gasteiger partial charge is 0.361 e. The fourth-order valence-electron chi connectivity index (χ4n) is 2.65. The molecule has 5 heteroatoms. The van der Waals surface area contributed by atoms with Gasteiger partial charge in [0.25, 0.3) is 0 Å². The van der Waals surface area contributed by atoms with Crippen LogP contribution in [0, 0.1) is 0 Å². The molecule has 5 nitrogen and oxygen atoms in total. The lowest BCUT2D eigenvalue weighted by atomic mass is 10.0. The Kier molecular flexibility index (Phi) is 4.12. The van der Waals surface area contributed by atoms with Crippen LogP contribution in [0.1, 0.15) is 57.2 Å². The average molecular weight is 266 g/mol. The van der Waals surface area contributed by atoms with Crippen molar-refractivity contribution in [2.24, 2.45) is 0 Å². The molecule has 0 saturated carbocycles. The van der Waals surface area contributed by atoms with Crippen LogP contribution < -0.4 is 5.63 Å². The number of nitrogens with zero attached hydrogens (tertiary/aromatic N) is 2. The van der Waals surface area contributed by atoms with E-state index in [1.54, 1.807) is 4.90 Å². The Balaban J connectivity index is 2.41. The van der Waals surface area contributed by atoms with Crippen molar-refractivity contribution in [2.45, 2.75) is 52.4 Å². The van der Waals surface area contributed by atoms with Crippen molar-refractivity contribution in [3.63, 3.8) is 0 Å². The molecule has 19 heavy (non-hydrogen) atoms. The van der Waals surface area contributed by atoms with Gasteiger partial charge in [-0.3, -0.25) is 0 Å². The van der Waals surface area contributed by atoms with Gasteiger partial charge in [0.15, 0.2) is 0 Å². The maximum atomic E-state index is 12.4. The number of amides is 1. The first-order valence-electron chi connectivity index (χ1n) is 7.10. The summed E-state index contributed by atoms with van der Waals surface area (Å²) in [6, 6.07) is -0.190. The Morgan fingerprint density at radius 1 is 1.32 bits per heavy atom. The highest BCUT2D eigenvalue weighted by atomic mass is 16.5. The van der Waals surface area contributed by atoms with Crippen LogP contribution >= 0.6 is 0 Å². The summed E-state index contributed by atoms with van der Waals surface area (Å²) in [5.41, 5.74) is 1.03. The summed E-state index contributed by atoms with van der Waals surface area (Å²) in [7, 11) is 0. The van der Waals surface area contributed by atoms with E-state index in [-0.39, 0.29) is 17.6 Å². The van der Waals surface area contributed by atoms with Crippen molar-refractivity contribution in [1.29, 1.82) is 0 Å². The molecule has 0 bridgehead atoms. The van der Waals surface area contributed by atoms with Gasteiger partial charge in [0, 0.05) is 13.1 Å². The highest BCUT2D eigenvalue weighted by Gasteiger charge is 2.27. The Morgan fingerprint density at radius 3 is 2.47 bits per heavy atom. The first-order valence-corrected chi connectivity index (χ1v) is 7.10. The van der Waals surface area contributed by atoms with Gasteiger partial charge in [-0.1, -0.05) is 27.2 Å². The smallest absolute Gasteiger partial charge is 0.327 e. The van der Waals surface area contributed by atoms with Crippen LogP contribution in [0.3, 0.4) is 0 Å². The van der Waals surface area contributed by atoms with Crippen LogP contribution in [0.5, 0.6) is 0 Å². The average Bonchev–Trinajstić information content (AvgIpc) is 2.96. The van der Waals surface area contributed by atoms with E-state index in [4.69, 9.17) is 4.52 Å². The molecule has 0 aromatic carbocycles. The molecule has 0 aliphatic carbocycles. The van der Waals surface area contributed by atoms with Gasteiger partial charge in [-0.05, 0) is 25.2 Å². The van der Waals surface area contributed by atoms with Crippen LogP contribution in [-0.2, 0) is 6.42 Å². The summed E-state index contributed by atoms with van der Waals surface area (Å²) in [5, 5.41) is 0. The van der Waals surface area contributed by atoms with Gasteiger partial charge in [-0.2, -0.15) is 0 Å². The molecule has 106 valence electrons. The summed E-state index contributed by atoms with van der Waals surface area (Å²) < 4.78 is 6.43. The van der Waals surface area contributed by atoms with E-state index >= 15 is 0 Å². The van der Waals surface area contributed by atoms with E-state index in [1.165, 1.54) is 4.74 Å². The van der Waals surface area contributed by atoms with Gasteiger partial charge in [-0.25, -0.2) is 9.59 Å². The SMILES string of the molecule is CCCc1c(C(C)C)c(=O)on1C(=O)N1CCCC1. The topological polar surface area (TPSA) is 55.5 Å². The van der Waals surface area contributed by atoms with E-state index in [1.807, 2.05) is 20.8 Å². The first-order chi connectivity index (χ1) is 9.06. The van der Waals surface area contributed by atoms with Crippen LogP contribution in [0.25, 0.3) is 0 Å². The molecule has 0 unspecified atom stereocenters. The molecule has 0 atom stereocenters. The molecule has 1 aromatic rings. The third kappa shape index (κ3) is 2.60. The van der Waals surface area contributed by atoms with Crippen molar-refractivity contribution in [3.8, 4) is 0 Å². The van der Waals surface area contributed by atoms with Gasteiger partial charge in [0.05, 0.1) is 11.3 Å². The predicted octanol–water partition coefficient (Wildman–Crippen LogP) is 2.58. The second-order valence-corrected chi connectivity index (χ2v) is 5.41. The monoisotopic (exact) mass is 266 g/mol. The van der Waals surface area contributed by atoms with Gasteiger partial charge < -0.3 is 9.42 Å². The minimum atomic E-state index is -0.369. The molecular weight excluding hydrogens is 244 g/mol. The standard InChI is InChI=1S/C14H22N2O3/c1-4-7-11-12(10(2)3)13(17)19-16(11)14(18)15-8-5-6-9-15/h10H,4-9H2,1-3H3. The minimum absolute atomic E-state index is 0.0745. The van der Waals surface area contributed by atoms with Crippen LogP contribution in [0.15, 0.2) is 9.32 Å². The maximum Gasteiger partial charge on any atom is 0.361 e. The zero-order valence-corrected chi connectivity index (χ0v) is 11.9. The van der Waals surface area contributed by atoms with E-state index in [0.717, 1.165) is 38.0 Å². The molecule has 0 spiro atoms. The third-order valence-corrected chi connectivity index (χ3v) is 3.56. The van der Waals surface area contributed by atoms with Crippen molar-refractivity contribution >= 4 is 6.03 Å². The lowest BCUT2D eigenvalue weighted by Crippen LogP contribution is -2.32. The molecular formula is C14H22N2O3. The second-order valence-electron chi connectivity index (χ2n) is 5.41. The summed E-state index contributed by atoms with van der Waals surface area (Å²) in [6.07, 6.45) is 3.62. The summed E-state index contributed by atoms with van der Waals surface area (Å²) in [5.74, 6) is 0.0745. The predicted molar refractivity (Wildman–Crippen MR) is 72.7 cm³/mol. The third-order valence-electron chi connectivity index (χ3n) is 3.56. The van der Waals surface area contributed by atoms with E-state index in [0.29, 0.717) is 12.0 Å². The Bertz CT molecular complexity index is 507. The molecule has 1 aliphatic heterocycles. The van der Waals surface area contributed by atoms with Crippen molar-refractivity contribution in [1.82, 2.24) is 9.64 Å². The first kappa shape index (κ1) is 13.9. The van der Waals surface area contributed by atoms with E-state index in [9.17, 15) is 9.59 Å². The quantitative estimate of drug-likeness (QED) is 0.845. The Labute approximate surface area is 113 Å². The number of carbonyl (C=O) groups excluding carboxylic acids is 1. The summed E-state index contributed by atoms with van der Waals surface area (Å²) >= 11 is 0. The van der Waals surface area contributed by atoms with Crippen molar-refractivity contribution < 1.29 is 9.32 Å². The zero-order valence-electron chi connectivity index (χ0n) is 11.9. The number of carbonyl (C=O) groups is 1. The number of aromatic nitrogens is 1. The highest BCUT2D eigenvalue weighted by Crippen LogP contribution is 2.20. The minimum Gasteiger partial charge on any atom is -0.327 e. The van der Waals surface area contributed by atoms with Gasteiger partial charge in [0.1, 0.15) is 0 Å². The number of rotatable bonds is 3. The molecule has 1 aliphatic rings. The van der Waals surface area contributed by atoms with Crippen LogP contribution in [-0.4, -0.2) is 28.8 Å². The molecule has 1 amide bonds. The van der Waals surface area contributed by atoms with E-state index in [2.05, 4.69) is 0 Å². The fourth-order valence-corrected chi connectivity index (χ4v) is 2.65. The van der Waals surface area contributed by atoms with Crippen molar-refractivity contribution in [3.05, 3.63) is 21.7 Å². The number of hydrogen-bond donors (Lipinski definition) is 0. The molecule has 1 fully saturated rings. The normalized spacial score (nSPS) is 15.5. The molecule has 1 saturated heterocycles. The number of hydrogen-bond acceptors (Lipinski definition) is 3. The van der Waals surface area contributed by atoms with Crippen LogP contribution in [0.2, 0.25) is 0 Å². The molecule has 2 heterocycles. The second kappa shape index (κ2) is 5.63. The van der Waals surface area contributed by atoms with Crippen LogP contribution in [0.4, 0.5) is 4.79 Å². The van der Waals surface area contributed by atoms with Gasteiger partial charge in [-0.15, -0.1) is 4.74 Å². The lowest BCUT2D eigenvalue weighted by molar-refractivity contribution is 0.173. The lowest BCUT2D eigenvalue weighted by Gasteiger charge is -2.16. The van der Waals surface area contributed by atoms with Gasteiger partial charge >= 0.3 is 11.7 Å². The van der Waals surface area contributed by atoms with Crippen molar-refractivity contribution in [2.75, 3.05) is 13.1 Å². The molecule has 0 N–H and O–H groups in total. The molecule has 2 rings (SSSR count). The van der Waals surface area contributed by atoms with Gasteiger partial charge in [0.2, 0.25) is 0 Å². The number of likely N-dealkylation sites (tertiary alicyclic amines) is 1. The molecule has 1 aromatic heterocycles.